The molecule has 0 bridgehead atoms. The second-order valence-electron chi connectivity index (χ2n) is 7.29. The Balaban J connectivity index is 0.00000480. The zero-order valence-electron chi connectivity index (χ0n) is 19.7. The molecule has 7 nitrogen and oxygen atoms in total. The van der Waals surface area contributed by atoms with E-state index in [0.29, 0.717) is 26.3 Å². The van der Waals surface area contributed by atoms with Gasteiger partial charge in [0.1, 0.15) is 5.75 Å². The van der Waals surface area contributed by atoms with Gasteiger partial charge in [-0.3, -0.25) is 9.67 Å². The van der Waals surface area contributed by atoms with E-state index in [1.807, 2.05) is 11.7 Å². The normalized spacial score (nSPS) is 11.2. The number of hydrogen-bond donors (Lipinski definition) is 2. The first kappa shape index (κ1) is 27.2. The summed E-state index contributed by atoms with van der Waals surface area (Å²) in [5, 5.41) is 11.5. The van der Waals surface area contributed by atoms with E-state index in [0.717, 1.165) is 42.2 Å². The molecule has 174 valence electrons. The van der Waals surface area contributed by atoms with Gasteiger partial charge in [-0.1, -0.05) is 26.0 Å². The topological polar surface area (TPSA) is 72.7 Å². The molecule has 8 heteroatoms. The van der Waals surface area contributed by atoms with E-state index >= 15 is 0 Å². The van der Waals surface area contributed by atoms with Crippen molar-refractivity contribution in [3.63, 3.8) is 0 Å². The zero-order chi connectivity index (χ0) is 21.9. The molecule has 0 saturated carbocycles. The molecule has 0 fully saturated rings. The van der Waals surface area contributed by atoms with E-state index in [2.05, 4.69) is 59.7 Å². The van der Waals surface area contributed by atoms with Crippen LogP contribution in [0.2, 0.25) is 0 Å². The van der Waals surface area contributed by atoms with Gasteiger partial charge < -0.3 is 20.1 Å². The predicted molar refractivity (Wildman–Crippen MR) is 138 cm³/mol. The molecule has 0 atom stereocenters. The number of nitrogens with one attached hydrogen (secondary N) is 2. The van der Waals surface area contributed by atoms with Gasteiger partial charge in [0.2, 0.25) is 0 Å². The summed E-state index contributed by atoms with van der Waals surface area (Å²) < 4.78 is 13.1. The van der Waals surface area contributed by atoms with Gasteiger partial charge in [-0.2, -0.15) is 5.10 Å². The third-order valence-corrected chi connectivity index (χ3v) is 5.10. The number of aliphatic imine (C=N–C) groups is 1. The molecule has 0 amide bonds. The summed E-state index contributed by atoms with van der Waals surface area (Å²) in [5.74, 6) is 1.66. The molecule has 0 spiro atoms. The number of rotatable bonds is 11. The van der Waals surface area contributed by atoms with Crippen LogP contribution in [0.1, 0.15) is 48.3 Å². The van der Waals surface area contributed by atoms with Crippen molar-refractivity contribution in [1.82, 2.24) is 20.4 Å². The Morgan fingerprint density at radius 2 is 1.87 bits per heavy atom. The van der Waals surface area contributed by atoms with Crippen LogP contribution in [0, 0.1) is 6.92 Å². The number of benzene rings is 1. The van der Waals surface area contributed by atoms with E-state index in [9.17, 15) is 0 Å². The summed E-state index contributed by atoms with van der Waals surface area (Å²) >= 11 is 0. The van der Waals surface area contributed by atoms with Crippen molar-refractivity contribution in [3.8, 4) is 5.75 Å². The SMILES string of the molecule is CCc1nn(C)c(CC)c1CNC(=NC)NCc1ccc(C)cc1OCCCOC.I. The van der Waals surface area contributed by atoms with Gasteiger partial charge in [-0.05, 0) is 31.4 Å². The standard InChI is InChI=1S/C23H37N5O2.HI/c1-7-20-19(21(8-2)28(5)27-20)16-26-23(24-4)25-15-18-11-10-17(3)14-22(18)30-13-9-12-29-6;/h10-11,14H,7-9,12-13,15-16H2,1-6H3,(H2,24,25,26);1H. The van der Waals surface area contributed by atoms with E-state index in [4.69, 9.17) is 9.47 Å². The van der Waals surface area contributed by atoms with Crippen LogP contribution in [-0.2, 0) is 37.7 Å². The Kier molecular flexibility index (Phi) is 12.5. The number of hydrogen-bond acceptors (Lipinski definition) is 4. The molecule has 2 aromatic rings. The average Bonchev–Trinajstić information content (AvgIpc) is 3.06. The van der Waals surface area contributed by atoms with Crippen LogP contribution < -0.4 is 15.4 Å². The van der Waals surface area contributed by atoms with Crippen molar-refractivity contribution in [2.45, 2.75) is 53.1 Å². The first-order valence-electron chi connectivity index (χ1n) is 10.7. The van der Waals surface area contributed by atoms with Crippen LogP contribution >= 0.6 is 24.0 Å². The molecule has 0 unspecified atom stereocenters. The maximum Gasteiger partial charge on any atom is 0.191 e. The van der Waals surface area contributed by atoms with Crippen molar-refractivity contribution in [2.75, 3.05) is 27.4 Å². The fraction of sp³-hybridized carbons (Fsp3) is 0.565. The molecule has 0 aliphatic carbocycles. The molecule has 0 radical (unpaired) electrons. The minimum absolute atomic E-state index is 0. The van der Waals surface area contributed by atoms with Crippen molar-refractivity contribution in [3.05, 3.63) is 46.3 Å². The maximum atomic E-state index is 5.99. The molecular formula is C23H38IN5O2. The van der Waals surface area contributed by atoms with Crippen molar-refractivity contribution in [1.29, 1.82) is 0 Å². The minimum Gasteiger partial charge on any atom is -0.493 e. The molecule has 2 rings (SSSR count). The van der Waals surface area contributed by atoms with Crippen molar-refractivity contribution < 1.29 is 9.47 Å². The first-order chi connectivity index (χ1) is 14.5. The monoisotopic (exact) mass is 543 g/mol. The van der Waals surface area contributed by atoms with Crippen LogP contribution in [0.4, 0.5) is 0 Å². The highest BCUT2D eigenvalue weighted by Crippen LogP contribution is 2.20. The van der Waals surface area contributed by atoms with Gasteiger partial charge in [0, 0.05) is 64.1 Å². The molecule has 0 aliphatic heterocycles. The fourth-order valence-electron chi connectivity index (χ4n) is 3.49. The predicted octanol–water partition coefficient (Wildman–Crippen LogP) is 3.75. The van der Waals surface area contributed by atoms with Crippen LogP contribution in [0.25, 0.3) is 0 Å². The van der Waals surface area contributed by atoms with E-state index in [1.54, 1.807) is 14.2 Å². The lowest BCUT2D eigenvalue weighted by atomic mass is 10.1. The Hall–Kier alpha value is -1.81. The second kappa shape index (κ2) is 14.3. The molecule has 0 saturated heterocycles. The number of halogens is 1. The molecule has 31 heavy (non-hydrogen) atoms. The minimum atomic E-state index is 0. The summed E-state index contributed by atoms with van der Waals surface area (Å²) in [6.45, 7) is 9.05. The van der Waals surface area contributed by atoms with Gasteiger partial charge in [0.25, 0.3) is 0 Å². The highest BCUT2D eigenvalue weighted by atomic mass is 127. The molecular weight excluding hydrogens is 505 g/mol. The van der Waals surface area contributed by atoms with Gasteiger partial charge in [-0.15, -0.1) is 24.0 Å². The molecule has 1 heterocycles. The first-order valence-corrected chi connectivity index (χ1v) is 10.7. The molecule has 1 aromatic carbocycles. The van der Waals surface area contributed by atoms with Gasteiger partial charge >= 0.3 is 0 Å². The number of aromatic nitrogens is 2. The highest BCUT2D eigenvalue weighted by Gasteiger charge is 2.14. The molecule has 0 aliphatic rings. The van der Waals surface area contributed by atoms with E-state index in [-0.39, 0.29) is 24.0 Å². The molecule has 2 N–H and O–H groups in total. The summed E-state index contributed by atoms with van der Waals surface area (Å²) in [7, 11) is 5.51. The Morgan fingerprint density at radius 1 is 1.13 bits per heavy atom. The number of aryl methyl sites for hydroxylation is 3. The second-order valence-corrected chi connectivity index (χ2v) is 7.29. The maximum absolute atomic E-state index is 5.99. The number of ether oxygens (including phenoxy) is 2. The Morgan fingerprint density at radius 3 is 2.52 bits per heavy atom. The smallest absolute Gasteiger partial charge is 0.191 e. The summed E-state index contributed by atoms with van der Waals surface area (Å²) in [4.78, 5) is 4.38. The summed E-state index contributed by atoms with van der Waals surface area (Å²) in [5.41, 5.74) is 5.95. The summed E-state index contributed by atoms with van der Waals surface area (Å²) in [6, 6.07) is 6.29. The lowest BCUT2D eigenvalue weighted by molar-refractivity contribution is 0.171. The lowest BCUT2D eigenvalue weighted by Crippen LogP contribution is -2.36. The van der Waals surface area contributed by atoms with Crippen LogP contribution in [0.3, 0.4) is 0 Å². The van der Waals surface area contributed by atoms with Gasteiger partial charge in [0.05, 0.1) is 12.3 Å². The van der Waals surface area contributed by atoms with Crippen molar-refractivity contribution in [2.24, 2.45) is 12.0 Å². The summed E-state index contributed by atoms with van der Waals surface area (Å²) in [6.07, 6.45) is 2.74. The number of guanidine groups is 1. The Labute approximate surface area is 204 Å². The number of methoxy groups -OCH3 is 1. The van der Waals surface area contributed by atoms with Gasteiger partial charge in [0.15, 0.2) is 5.96 Å². The Bertz CT molecular complexity index is 836. The number of nitrogens with zero attached hydrogens (tertiary/aromatic N) is 3. The quantitative estimate of drug-likeness (QED) is 0.196. The van der Waals surface area contributed by atoms with Crippen LogP contribution in [0.5, 0.6) is 5.75 Å². The van der Waals surface area contributed by atoms with Crippen molar-refractivity contribution >= 4 is 29.9 Å². The van der Waals surface area contributed by atoms with E-state index < -0.39 is 0 Å². The van der Waals surface area contributed by atoms with Crippen LogP contribution in [0.15, 0.2) is 23.2 Å². The third kappa shape index (κ3) is 7.99. The average molecular weight is 543 g/mol. The fourth-order valence-corrected chi connectivity index (χ4v) is 3.49. The van der Waals surface area contributed by atoms with Gasteiger partial charge in [-0.25, -0.2) is 0 Å². The van der Waals surface area contributed by atoms with E-state index in [1.165, 1.54) is 16.8 Å². The molecule has 1 aromatic heterocycles. The van der Waals surface area contributed by atoms with Crippen LogP contribution in [-0.4, -0.2) is 43.1 Å². The highest BCUT2D eigenvalue weighted by molar-refractivity contribution is 14.0. The zero-order valence-corrected chi connectivity index (χ0v) is 22.1. The lowest BCUT2D eigenvalue weighted by Gasteiger charge is -2.16. The largest absolute Gasteiger partial charge is 0.493 e. The third-order valence-electron chi connectivity index (χ3n) is 5.10.